The van der Waals surface area contributed by atoms with Crippen molar-refractivity contribution in [1.29, 1.82) is 0 Å². The summed E-state index contributed by atoms with van der Waals surface area (Å²) in [6, 6.07) is 0. The van der Waals surface area contributed by atoms with Gasteiger partial charge in [0.05, 0.1) is 19.8 Å². The highest BCUT2D eigenvalue weighted by atomic mass is 32.1. The second kappa shape index (κ2) is 8.85. The molecule has 0 aromatic carbocycles. The van der Waals surface area contributed by atoms with Gasteiger partial charge in [0, 0.05) is 6.61 Å². The SMILES string of the molecule is CCOCCOCC(CS)C(C)C. The Morgan fingerprint density at radius 3 is 2.23 bits per heavy atom. The smallest absolute Gasteiger partial charge is 0.0700 e. The maximum atomic E-state index is 5.48. The van der Waals surface area contributed by atoms with E-state index >= 15 is 0 Å². The molecule has 0 aromatic heterocycles. The molecule has 0 aliphatic rings. The summed E-state index contributed by atoms with van der Waals surface area (Å²) in [5.74, 6) is 2.10. The summed E-state index contributed by atoms with van der Waals surface area (Å²) in [5, 5.41) is 0. The monoisotopic (exact) mass is 206 g/mol. The second-order valence-electron chi connectivity index (χ2n) is 3.46. The van der Waals surface area contributed by atoms with E-state index in [-0.39, 0.29) is 0 Å². The first kappa shape index (κ1) is 13.3. The van der Waals surface area contributed by atoms with Crippen LogP contribution in [0.2, 0.25) is 0 Å². The second-order valence-corrected chi connectivity index (χ2v) is 3.82. The van der Waals surface area contributed by atoms with Crippen LogP contribution < -0.4 is 0 Å². The number of hydrogen-bond acceptors (Lipinski definition) is 3. The van der Waals surface area contributed by atoms with Gasteiger partial charge in [0.25, 0.3) is 0 Å². The molecule has 13 heavy (non-hydrogen) atoms. The van der Waals surface area contributed by atoms with Gasteiger partial charge in [-0.15, -0.1) is 0 Å². The summed E-state index contributed by atoms with van der Waals surface area (Å²) in [7, 11) is 0. The van der Waals surface area contributed by atoms with Crippen molar-refractivity contribution < 1.29 is 9.47 Å². The normalized spacial score (nSPS) is 13.6. The molecule has 0 saturated carbocycles. The molecule has 0 aromatic rings. The molecule has 1 atom stereocenters. The zero-order chi connectivity index (χ0) is 10.1. The van der Waals surface area contributed by atoms with Gasteiger partial charge in [0.15, 0.2) is 0 Å². The van der Waals surface area contributed by atoms with Crippen LogP contribution in [0.3, 0.4) is 0 Å². The maximum Gasteiger partial charge on any atom is 0.0700 e. The summed E-state index contributed by atoms with van der Waals surface area (Å²) in [5.41, 5.74) is 0. The van der Waals surface area contributed by atoms with Crippen LogP contribution in [-0.4, -0.2) is 32.2 Å². The lowest BCUT2D eigenvalue weighted by Gasteiger charge is -2.18. The third kappa shape index (κ3) is 7.35. The van der Waals surface area contributed by atoms with Gasteiger partial charge in [-0.3, -0.25) is 0 Å². The number of rotatable bonds is 8. The van der Waals surface area contributed by atoms with Gasteiger partial charge in [-0.2, -0.15) is 12.6 Å². The molecular weight excluding hydrogens is 184 g/mol. The van der Waals surface area contributed by atoms with Crippen molar-refractivity contribution in [3.8, 4) is 0 Å². The summed E-state index contributed by atoms with van der Waals surface area (Å²) < 4.78 is 10.6. The molecule has 0 bridgehead atoms. The van der Waals surface area contributed by atoms with E-state index in [1.165, 1.54) is 0 Å². The lowest BCUT2D eigenvalue weighted by atomic mass is 9.99. The van der Waals surface area contributed by atoms with Crippen molar-refractivity contribution in [2.75, 3.05) is 32.2 Å². The van der Waals surface area contributed by atoms with E-state index in [1.807, 2.05) is 6.92 Å². The van der Waals surface area contributed by atoms with Gasteiger partial charge in [0.2, 0.25) is 0 Å². The Morgan fingerprint density at radius 1 is 1.15 bits per heavy atom. The standard InChI is InChI=1S/C10H22O2S/c1-4-11-5-6-12-7-10(8-13)9(2)3/h9-10,13H,4-8H2,1-3H3. The predicted octanol–water partition coefficient (Wildman–Crippen LogP) is 2.24. The predicted molar refractivity (Wildman–Crippen MR) is 59.5 cm³/mol. The summed E-state index contributed by atoms with van der Waals surface area (Å²) in [6.07, 6.45) is 0. The van der Waals surface area contributed by atoms with Crippen LogP contribution in [0.1, 0.15) is 20.8 Å². The van der Waals surface area contributed by atoms with Gasteiger partial charge >= 0.3 is 0 Å². The van der Waals surface area contributed by atoms with Crippen LogP contribution in [0.5, 0.6) is 0 Å². The molecule has 0 fully saturated rings. The molecule has 0 radical (unpaired) electrons. The molecule has 0 saturated heterocycles. The van der Waals surface area contributed by atoms with Gasteiger partial charge in [-0.1, -0.05) is 13.8 Å². The van der Waals surface area contributed by atoms with Crippen molar-refractivity contribution in [3.63, 3.8) is 0 Å². The first-order valence-electron chi connectivity index (χ1n) is 4.98. The minimum absolute atomic E-state index is 0.560. The Morgan fingerprint density at radius 2 is 1.77 bits per heavy atom. The van der Waals surface area contributed by atoms with Gasteiger partial charge in [-0.25, -0.2) is 0 Å². The van der Waals surface area contributed by atoms with E-state index in [0.717, 1.165) is 19.0 Å². The fraction of sp³-hybridized carbons (Fsp3) is 1.00. The van der Waals surface area contributed by atoms with Crippen molar-refractivity contribution >= 4 is 12.6 Å². The minimum atomic E-state index is 0.560. The molecule has 0 spiro atoms. The van der Waals surface area contributed by atoms with Crippen LogP contribution in [0, 0.1) is 11.8 Å². The van der Waals surface area contributed by atoms with Crippen LogP contribution in [-0.2, 0) is 9.47 Å². The molecule has 80 valence electrons. The molecule has 0 aliphatic carbocycles. The Bertz CT molecular complexity index is 107. The number of ether oxygens (including phenoxy) is 2. The van der Waals surface area contributed by atoms with E-state index in [1.54, 1.807) is 0 Å². The van der Waals surface area contributed by atoms with Crippen LogP contribution >= 0.6 is 12.6 Å². The van der Waals surface area contributed by atoms with Crippen molar-refractivity contribution in [1.82, 2.24) is 0 Å². The lowest BCUT2D eigenvalue weighted by Crippen LogP contribution is -2.19. The van der Waals surface area contributed by atoms with E-state index in [9.17, 15) is 0 Å². The van der Waals surface area contributed by atoms with Gasteiger partial charge in [-0.05, 0) is 24.5 Å². The van der Waals surface area contributed by atoms with Crippen molar-refractivity contribution in [2.45, 2.75) is 20.8 Å². The molecule has 0 amide bonds. The molecule has 0 N–H and O–H groups in total. The van der Waals surface area contributed by atoms with Crippen molar-refractivity contribution in [3.05, 3.63) is 0 Å². The Labute approximate surface area is 87.4 Å². The topological polar surface area (TPSA) is 18.5 Å². The van der Waals surface area contributed by atoms with E-state index in [2.05, 4.69) is 26.5 Å². The first-order chi connectivity index (χ1) is 6.22. The quantitative estimate of drug-likeness (QED) is 0.485. The molecule has 2 nitrogen and oxygen atoms in total. The molecule has 0 heterocycles. The average molecular weight is 206 g/mol. The van der Waals surface area contributed by atoms with Crippen LogP contribution in [0.25, 0.3) is 0 Å². The molecular formula is C10H22O2S. The fourth-order valence-electron chi connectivity index (χ4n) is 0.953. The largest absolute Gasteiger partial charge is 0.379 e. The minimum Gasteiger partial charge on any atom is -0.379 e. The van der Waals surface area contributed by atoms with Gasteiger partial charge in [0.1, 0.15) is 0 Å². The zero-order valence-corrected chi connectivity index (χ0v) is 9.85. The molecule has 0 rings (SSSR count). The van der Waals surface area contributed by atoms with Crippen LogP contribution in [0.15, 0.2) is 0 Å². The molecule has 1 unspecified atom stereocenters. The maximum absolute atomic E-state index is 5.48. The average Bonchev–Trinajstić information content (AvgIpc) is 2.10. The third-order valence-electron chi connectivity index (χ3n) is 2.09. The summed E-state index contributed by atoms with van der Waals surface area (Å²) in [4.78, 5) is 0. The van der Waals surface area contributed by atoms with Crippen LogP contribution in [0.4, 0.5) is 0 Å². The van der Waals surface area contributed by atoms with E-state index < -0.39 is 0 Å². The highest BCUT2D eigenvalue weighted by Gasteiger charge is 2.10. The number of thiol groups is 1. The third-order valence-corrected chi connectivity index (χ3v) is 2.55. The first-order valence-corrected chi connectivity index (χ1v) is 5.62. The van der Waals surface area contributed by atoms with E-state index in [0.29, 0.717) is 25.0 Å². The lowest BCUT2D eigenvalue weighted by molar-refractivity contribution is 0.0341. The van der Waals surface area contributed by atoms with Crippen molar-refractivity contribution in [2.24, 2.45) is 11.8 Å². The zero-order valence-electron chi connectivity index (χ0n) is 8.95. The van der Waals surface area contributed by atoms with Gasteiger partial charge < -0.3 is 9.47 Å². The Kier molecular flexibility index (Phi) is 9.03. The Hall–Kier alpha value is 0.270. The molecule has 3 heteroatoms. The highest BCUT2D eigenvalue weighted by molar-refractivity contribution is 7.80. The highest BCUT2D eigenvalue weighted by Crippen LogP contribution is 2.12. The fourth-order valence-corrected chi connectivity index (χ4v) is 1.48. The summed E-state index contributed by atoms with van der Waals surface area (Å²) in [6.45, 7) is 9.36. The van der Waals surface area contributed by atoms with E-state index in [4.69, 9.17) is 9.47 Å². The summed E-state index contributed by atoms with van der Waals surface area (Å²) >= 11 is 4.29. The number of hydrogen-bond donors (Lipinski definition) is 1. The Balaban J connectivity index is 3.28. The molecule has 0 aliphatic heterocycles.